The van der Waals surface area contributed by atoms with Crippen molar-refractivity contribution in [3.8, 4) is 0 Å². The van der Waals surface area contributed by atoms with Crippen molar-refractivity contribution in [2.45, 2.75) is 43.7 Å². The Morgan fingerprint density at radius 3 is 2.53 bits per heavy atom. The molecule has 3 nitrogen and oxygen atoms in total. The van der Waals surface area contributed by atoms with E-state index in [1.54, 1.807) is 18.2 Å². The van der Waals surface area contributed by atoms with Crippen LogP contribution in [0.2, 0.25) is 10.0 Å². The summed E-state index contributed by atoms with van der Waals surface area (Å²) in [4.78, 5) is 11.4. The predicted octanol–water partition coefficient (Wildman–Crippen LogP) is 3.63. The third kappa shape index (κ3) is 3.41. The third-order valence-electron chi connectivity index (χ3n) is 3.78. The molecule has 1 atom stereocenters. The van der Waals surface area contributed by atoms with Gasteiger partial charge in [0, 0.05) is 10.6 Å². The van der Waals surface area contributed by atoms with Crippen LogP contribution in [0.4, 0.5) is 5.69 Å². The van der Waals surface area contributed by atoms with E-state index in [0.717, 1.165) is 32.0 Å². The Hall–Kier alpha value is -0.770. The van der Waals surface area contributed by atoms with Crippen LogP contribution in [0.15, 0.2) is 18.2 Å². The maximum absolute atomic E-state index is 11.4. The Balaban J connectivity index is 2.16. The zero-order valence-electron chi connectivity index (χ0n) is 10.7. The Kier molecular flexibility index (Phi) is 4.71. The lowest BCUT2D eigenvalue weighted by atomic mass is 9.77. The maximum atomic E-state index is 11.4. The van der Waals surface area contributed by atoms with Crippen LogP contribution in [-0.2, 0) is 4.79 Å². The first-order chi connectivity index (χ1) is 9.05. The molecule has 1 aliphatic carbocycles. The first kappa shape index (κ1) is 14.6. The Morgan fingerprint density at radius 2 is 1.95 bits per heavy atom. The van der Waals surface area contributed by atoms with E-state index in [-0.39, 0.29) is 0 Å². The SMILES string of the molecule is NC1(C(C=O)Nc2ccc(Cl)cc2Cl)CCCCC1. The van der Waals surface area contributed by atoms with Gasteiger partial charge in [0.25, 0.3) is 0 Å². The summed E-state index contributed by atoms with van der Waals surface area (Å²) in [6.45, 7) is 0. The molecule has 0 saturated heterocycles. The lowest BCUT2D eigenvalue weighted by Crippen LogP contribution is -2.56. The van der Waals surface area contributed by atoms with Gasteiger partial charge in [-0.25, -0.2) is 0 Å². The molecule has 104 valence electrons. The number of nitrogens with one attached hydrogen (secondary N) is 1. The molecule has 0 aromatic heterocycles. The summed E-state index contributed by atoms with van der Waals surface area (Å²) in [7, 11) is 0. The second-order valence-corrected chi connectivity index (χ2v) is 6.02. The highest BCUT2D eigenvalue weighted by Crippen LogP contribution is 2.32. The highest BCUT2D eigenvalue weighted by Gasteiger charge is 2.36. The van der Waals surface area contributed by atoms with Gasteiger partial charge in [0.15, 0.2) is 0 Å². The molecule has 19 heavy (non-hydrogen) atoms. The van der Waals surface area contributed by atoms with Crippen LogP contribution >= 0.6 is 23.2 Å². The van der Waals surface area contributed by atoms with Gasteiger partial charge in [-0.3, -0.25) is 0 Å². The van der Waals surface area contributed by atoms with E-state index in [9.17, 15) is 4.79 Å². The molecule has 5 heteroatoms. The van der Waals surface area contributed by atoms with Crippen molar-refractivity contribution in [3.05, 3.63) is 28.2 Å². The summed E-state index contributed by atoms with van der Waals surface area (Å²) >= 11 is 12.0. The maximum Gasteiger partial charge on any atom is 0.144 e. The fourth-order valence-electron chi connectivity index (χ4n) is 2.61. The van der Waals surface area contributed by atoms with Gasteiger partial charge in [0.2, 0.25) is 0 Å². The van der Waals surface area contributed by atoms with Crippen molar-refractivity contribution < 1.29 is 4.79 Å². The Bertz CT molecular complexity index is 459. The average Bonchev–Trinajstić information content (AvgIpc) is 2.38. The zero-order chi connectivity index (χ0) is 13.9. The van der Waals surface area contributed by atoms with E-state index in [4.69, 9.17) is 28.9 Å². The smallest absolute Gasteiger partial charge is 0.144 e. The number of carbonyl (C=O) groups excluding carboxylic acids is 1. The zero-order valence-corrected chi connectivity index (χ0v) is 12.2. The molecule has 3 N–H and O–H groups in total. The van der Waals surface area contributed by atoms with Gasteiger partial charge in [0.05, 0.1) is 10.7 Å². The van der Waals surface area contributed by atoms with Gasteiger partial charge in [0.1, 0.15) is 12.3 Å². The van der Waals surface area contributed by atoms with E-state index in [1.807, 2.05) is 0 Å². The van der Waals surface area contributed by atoms with Gasteiger partial charge in [-0.05, 0) is 31.0 Å². The molecule has 0 amide bonds. The molecule has 0 aliphatic heterocycles. The number of carbonyl (C=O) groups is 1. The van der Waals surface area contributed by atoms with E-state index in [1.165, 1.54) is 6.42 Å². The topological polar surface area (TPSA) is 55.1 Å². The molecule has 0 heterocycles. The number of anilines is 1. The molecule has 1 saturated carbocycles. The van der Waals surface area contributed by atoms with Crippen molar-refractivity contribution in [1.82, 2.24) is 0 Å². The molecule has 1 aromatic carbocycles. The normalized spacial score (nSPS) is 19.7. The van der Waals surface area contributed by atoms with E-state index < -0.39 is 11.6 Å². The number of rotatable bonds is 4. The summed E-state index contributed by atoms with van der Waals surface area (Å²) < 4.78 is 0. The van der Waals surface area contributed by atoms with Crippen molar-refractivity contribution >= 4 is 35.2 Å². The van der Waals surface area contributed by atoms with Crippen molar-refractivity contribution in [3.63, 3.8) is 0 Å². The van der Waals surface area contributed by atoms with Crippen molar-refractivity contribution in [2.75, 3.05) is 5.32 Å². The summed E-state index contributed by atoms with van der Waals surface area (Å²) in [5, 5.41) is 4.22. The molecule has 1 unspecified atom stereocenters. The van der Waals surface area contributed by atoms with Gasteiger partial charge in [-0.1, -0.05) is 42.5 Å². The minimum atomic E-state index is -0.483. The molecule has 2 rings (SSSR count). The van der Waals surface area contributed by atoms with Crippen LogP contribution in [0, 0.1) is 0 Å². The van der Waals surface area contributed by atoms with Gasteiger partial charge in [-0.15, -0.1) is 0 Å². The highest BCUT2D eigenvalue weighted by molar-refractivity contribution is 6.36. The van der Waals surface area contributed by atoms with Crippen LogP contribution in [0.25, 0.3) is 0 Å². The predicted molar refractivity (Wildman–Crippen MR) is 79.9 cm³/mol. The number of hydrogen-bond donors (Lipinski definition) is 2. The monoisotopic (exact) mass is 300 g/mol. The van der Waals surface area contributed by atoms with Crippen LogP contribution in [0.3, 0.4) is 0 Å². The third-order valence-corrected chi connectivity index (χ3v) is 4.33. The number of benzene rings is 1. The molecule has 0 bridgehead atoms. The van der Waals surface area contributed by atoms with Crippen LogP contribution in [0.5, 0.6) is 0 Å². The lowest BCUT2D eigenvalue weighted by Gasteiger charge is -2.38. The van der Waals surface area contributed by atoms with Crippen molar-refractivity contribution in [1.29, 1.82) is 0 Å². The fraction of sp³-hybridized carbons (Fsp3) is 0.500. The summed E-state index contributed by atoms with van der Waals surface area (Å²) in [6.07, 6.45) is 5.92. The Labute approximate surface area is 123 Å². The fourth-order valence-corrected chi connectivity index (χ4v) is 3.07. The van der Waals surface area contributed by atoms with Gasteiger partial charge >= 0.3 is 0 Å². The number of halogens is 2. The molecule has 1 aromatic rings. The lowest BCUT2D eigenvalue weighted by molar-refractivity contribution is -0.109. The molecule has 0 radical (unpaired) electrons. The first-order valence-electron chi connectivity index (χ1n) is 6.51. The first-order valence-corrected chi connectivity index (χ1v) is 7.26. The summed E-state index contributed by atoms with van der Waals surface area (Å²) in [6, 6.07) is 4.73. The average molecular weight is 301 g/mol. The molecule has 1 fully saturated rings. The largest absolute Gasteiger partial charge is 0.373 e. The standard InChI is InChI=1S/C14H18Cl2N2O/c15-10-4-5-12(11(16)8-10)18-13(9-19)14(17)6-2-1-3-7-14/h4-5,8-9,13,18H,1-3,6-7,17H2. The Morgan fingerprint density at radius 1 is 1.26 bits per heavy atom. The van der Waals surface area contributed by atoms with Crippen LogP contribution < -0.4 is 11.1 Å². The van der Waals surface area contributed by atoms with Crippen LogP contribution in [0.1, 0.15) is 32.1 Å². The number of hydrogen-bond acceptors (Lipinski definition) is 3. The molecule has 1 aliphatic rings. The summed E-state index contributed by atoms with van der Waals surface area (Å²) in [5.41, 5.74) is 6.59. The van der Waals surface area contributed by atoms with Gasteiger partial charge in [-0.2, -0.15) is 0 Å². The van der Waals surface area contributed by atoms with E-state index >= 15 is 0 Å². The quantitative estimate of drug-likeness (QED) is 0.835. The number of aldehydes is 1. The molecule has 0 spiro atoms. The highest BCUT2D eigenvalue weighted by atomic mass is 35.5. The van der Waals surface area contributed by atoms with E-state index in [0.29, 0.717) is 15.7 Å². The van der Waals surface area contributed by atoms with Crippen LogP contribution in [-0.4, -0.2) is 17.9 Å². The second-order valence-electron chi connectivity index (χ2n) is 5.18. The van der Waals surface area contributed by atoms with E-state index in [2.05, 4.69) is 5.32 Å². The minimum Gasteiger partial charge on any atom is -0.373 e. The molecular weight excluding hydrogens is 283 g/mol. The minimum absolute atomic E-state index is 0.425. The number of nitrogens with two attached hydrogens (primary N) is 1. The van der Waals surface area contributed by atoms with Gasteiger partial charge < -0.3 is 15.8 Å². The van der Waals surface area contributed by atoms with Crippen molar-refractivity contribution in [2.24, 2.45) is 5.73 Å². The summed E-state index contributed by atoms with van der Waals surface area (Å²) in [5.74, 6) is 0. The second kappa shape index (κ2) is 6.12. The molecular formula is C14H18Cl2N2O.